The molecule has 0 bridgehead atoms. The SMILES string of the molecule is CCCCCCCCn1c(C)cc(C=O)c1C. The van der Waals surface area contributed by atoms with Gasteiger partial charge in [0.25, 0.3) is 0 Å². The van der Waals surface area contributed by atoms with Crippen LogP contribution in [-0.4, -0.2) is 10.9 Å². The second-order valence-corrected chi connectivity index (χ2v) is 4.86. The molecule has 1 aromatic rings. The Morgan fingerprint density at radius 1 is 1.12 bits per heavy atom. The molecule has 0 N–H and O–H groups in total. The van der Waals surface area contributed by atoms with Gasteiger partial charge < -0.3 is 4.57 Å². The van der Waals surface area contributed by atoms with E-state index in [9.17, 15) is 4.79 Å². The number of carbonyl (C=O) groups is 1. The Kier molecular flexibility index (Phi) is 6.03. The summed E-state index contributed by atoms with van der Waals surface area (Å²) in [5.74, 6) is 0. The zero-order valence-corrected chi connectivity index (χ0v) is 11.5. The Balaban J connectivity index is 2.36. The van der Waals surface area contributed by atoms with Crippen LogP contribution in [-0.2, 0) is 6.54 Å². The highest BCUT2D eigenvalue weighted by Gasteiger charge is 2.07. The maximum atomic E-state index is 10.8. The molecule has 0 saturated carbocycles. The third-order valence-corrected chi connectivity index (χ3v) is 3.48. The molecule has 17 heavy (non-hydrogen) atoms. The van der Waals surface area contributed by atoms with Crippen LogP contribution in [0.1, 0.15) is 67.2 Å². The smallest absolute Gasteiger partial charge is 0.151 e. The summed E-state index contributed by atoms with van der Waals surface area (Å²) in [5, 5.41) is 0. The highest BCUT2D eigenvalue weighted by molar-refractivity contribution is 5.77. The normalized spacial score (nSPS) is 10.8. The van der Waals surface area contributed by atoms with E-state index in [1.54, 1.807) is 0 Å². The zero-order chi connectivity index (χ0) is 12.7. The van der Waals surface area contributed by atoms with Gasteiger partial charge in [-0.2, -0.15) is 0 Å². The predicted octanol–water partition coefficient (Wildman–Crippen LogP) is 4.28. The highest BCUT2D eigenvalue weighted by atomic mass is 16.1. The van der Waals surface area contributed by atoms with Gasteiger partial charge >= 0.3 is 0 Å². The molecule has 0 amide bonds. The van der Waals surface area contributed by atoms with Crippen LogP contribution in [0.5, 0.6) is 0 Å². The van der Waals surface area contributed by atoms with Crippen molar-refractivity contribution >= 4 is 6.29 Å². The Morgan fingerprint density at radius 2 is 1.76 bits per heavy atom. The quantitative estimate of drug-likeness (QED) is 0.487. The fourth-order valence-electron chi connectivity index (χ4n) is 2.34. The molecule has 0 unspecified atom stereocenters. The lowest BCUT2D eigenvalue weighted by atomic mass is 10.1. The minimum Gasteiger partial charge on any atom is -0.348 e. The second-order valence-electron chi connectivity index (χ2n) is 4.86. The van der Waals surface area contributed by atoms with Gasteiger partial charge in [-0.05, 0) is 26.3 Å². The molecule has 0 aliphatic rings. The third-order valence-electron chi connectivity index (χ3n) is 3.48. The first-order valence-corrected chi connectivity index (χ1v) is 6.82. The van der Waals surface area contributed by atoms with Crippen LogP contribution in [0.4, 0.5) is 0 Å². The largest absolute Gasteiger partial charge is 0.348 e. The molecule has 1 rings (SSSR count). The molecule has 1 heterocycles. The predicted molar refractivity (Wildman–Crippen MR) is 72.7 cm³/mol. The van der Waals surface area contributed by atoms with Crippen molar-refractivity contribution < 1.29 is 4.79 Å². The number of aryl methyl sites for hydroxylation is 1. The molecule has 0 aliphatic carbocycles. The first kappa shape index (κ1) is 14.0. The average molecular weight is 235 g/mol. The summed E-state index contributed by atoms with van der Waals surface area (Å²) in [6, 6.07) is 1.99. The topological polar surface area (TPSA) is 22.0 Å². The van der Waals surface area contributed by atoms with Gasteiger partial charge in [-0.25, -0.2) is 0 Å². The second kappa shape index (κ2) is 7.31. The standard InChI is InChI=1S/C15H25NO/c1-4-5-6-7-8-9-10-16-13(2)11-15(12-17)14(16)3/h11-12H,4-10H2,1-3H3. The van der Waals surface area contributed by atoms with E-state index in [1.807, 2.05) is 13.0 Å². The van der Waals surface area contributed by atoms with Crippen molar-refractivity contribution in [2.75, 3.05) is 0 Å². The lowest BCUT2D eigenvalue weighted by molar-refractivity contribution is 0.112. The van der Waals surface area contributed by atoms with Crippen LogP contribution in [0, 0.1) is 13.8 Å². The highest BCUT2D eigenvalue weighted by Crippen LogP contribution is 2.15. The maximum Gasteiger partial charge on any atom is 0.151 e. The van der Waals surface area contributed by atoms with Gasteiger partial charge in [0, 0.05) is 23.5 Å². The van der Waals surface area contributed by atoms with Gasteiger partial charge in [0.05, 0.1) is 0 Å². The lowest BCUT2D eigenvalue weighted by Crippen LogP contribution is -2.02. The average Bonchev–Trinajstić information content (AvgIpc) is 2.60. The maximum absolute atomic E-state index is 10.8. The van der Waals surface area contributed by atoms with E-state index in [4.69, 9.17) is 0 Å². The van der Waals surface area contributed by atoms with E-state index < -0.39 is 0 Å². The summed E-state index contributed by atoms with van der Waals surface area (Å²) in [5.41, 5.74) is 3.16. The van der Waals surface area contributed by atoms with Crippen molar-refractivity contribution in [1.82, 2.24) is 4.57 Å². The number of nitrogens with zero attached hydrogens (tertiary/aromatic N) is 1. The first-order chi connectivity index (χ1) is 8.20. The van der Waals surface area contributed by atoms with E-state index in [0.29, 0.717) is 0 Å². The summed E-state index contributed by atoms with van der Waals surface area (Å²) in [4.78, 5) is 10.8. The number of carbonyl (C=O) groups excluding carboxylic acids is 1. The van der Waals surface area contributed by atoms with Crippen LogP contribution < -0.4 is 0 Å². The van der Waals surface area contributed by atoms with E-state index in [1.165, 1.54) is 44.2 Å². The molecule has 1 aromatic heterocycles. The Hall–Kier alpha value is -1.05. The van der Waals surface area contributed by atoms with E-state index in [2.05, 4.69) is 18.4 Å². The van der Waals surface area contributed by atoms with Crippen molar-refractivity contribution in [3.8, 4) is 0 Å². The molecule has 2 nitrogen and oxygen atoms in total. The van der Waals surface area contributed by atoms with Crippen LogP contribution in [0.3, 0.4) is 0 Å². The number of hydrogen-bond donors (Lipinski definition) is 0. The Labute approximate surface area is 105 Å². The van der Waals surface area contributed by atoms with Crippen molar-refractivity contribution in [2.45, 2.75) is 65.8 Å². The number of hydrogen-bond acceptors (Lipinski definition) is 1. The molecule has 0 saturated heterocycles. The van der Waals surface area contributed by atoms with Gasteiger partial charge in [0.15, 0.2) is 6.29 Å². The van der Waals surface area contributed by atoms with Crippen molar-refractivity contribution in [3.63, 3.8) is 0 Å². The van der Waals surface area contributed by atoms with Crippen molar-refractivity contribution in [2.24, 2.45) is 0 Å². The van der Waals surface area contributed by atoms with Crippen LogP contribution in [0.15, 0.2) is 6.07 Å². The van der Waals surface area contributed by atoms with Crippen LogP contribution in [0.25, 0.3) is 0 Å². The molecular formula is C15H25NO. The summed E-state index contributed by atoms with van der Waals surface area (Å²) in [6.07, 6.45) is 8.84. The summed E-state index contributed by atoms with van der Waals surface area (Å²) in [7, 11) is 0. The van der Waals surface area contributed by atoms with Crippen LogP contribution in [0.2, 0.25) is 0 Å². The molecular weight excluding hydrogens is 210 g/mol. The van der Waals surface area contributed by atoms with Gasteiger partial charge in [0.2, 0.25) is 0 Å². The number of aldehydes is 1. The molecule has 0 spiro atoms. The van der Waals surface area contributed by atoms with Crippen molar-refractivity contribution in [3.05, 3.63) is 23.0 Å². The Morgan fingerprint density at radius 3 is 2.35 bits per heavy atom. The molecule has 0 radical (unpaired) electrons. The minimum atomic E-state index is 0.841. The summed E-state index contributed by atoms with van der Waals surface area (Å²) < 4.78 is 2.27. The fourth-order valence-corrected chi connectivity index (χ4v) is 2.34. The zero-order valence-electron chi connectivity index (χ0n) is 11.5. The van der Waals surface area contributed by atoms with E-state index >= 15 is 0 Å². The minimum absolute atomic E-state index is 0.841. The summed E-state index contributed by atoms with van der Waals surface area (Å²) >= 11 is 0. The fraction of sp³-hybridized carbons (Fsp3) is 0.667. The number of rotatable bonds is 8. The number of unbranched alkanes of at least 4 members (excludes halogenated alkanes) is 5. The van der Waals surface area contributed by atoms with Gasteiger partial charge in [-0.1, -0.05) is 39.0 Å². The first-order valence-electron chi connectivity index (χ1n) is 6.82. The molecule has 0 aromatic carbocycles. The van der Waals surface area contributed by atoms with Gasteiger partial charge in [0.1, 0.15) is 0 Å². The molecule has 0 fully saturated rings. The van der Waals surface area contributed by atoms with E-state index in [-0.39, 0.29) is 0 Å². The Bertz CT molecular complexity index is 352. The molecule has 96 valence electrons. The monoisotopic (exact) mass is 235 g/mol. The molecule has 2 heteroatoms. The number of aromatic nitrogens is 1. The van der Waals surface area contributed by atoms with Gasteiger partial charge in [-0.3, -0.25) is 4.79 Å². The van der Waals surface area contributed by atoms with Crippen LogP contribution >= 0.6 is 0 Å². The van der Waals surface area contributed by atoms with Crippen molar-refractivity contribution in [1.29, 1.82) is 0 Å². The summed E-state index contributed by atoms with van der Waals surface area (Å²) in [6.45, 7) is 7.41. The molecule has 0 atom stereocenters. The third kappa shape index (κ3) is 4.03. The van der Waals surface area contributed by atoms with E-state index in [0.717, 1.165) is 24.1 Å². The lowest BCUT2D eigenvalue weighted by Gasteiger charge is -2.09. The van der Waals surface area contributed by atoms with Gasteiger partial charge in [-0.15, -0.1) is 0 Å². The molecule has 0 aliphatic heterocycles.